The predicted octanol–water partition coefficient (Wildman–Crippen LogP) is 5.49. The Labute approximate surface area is 191 Å². The van der Waals surface area contributed by atoms with Crippen LogP contribution in [0.25, 0.3) is 0 Å². The normalized spacial score (nSPS) is 11.9. The van der Waals surface area contributed by atoms with Gasteiger partial charge >= 0.3 is 11.9 Å². The smallest absolute Gasteiger partial charge is 0.335 e. The van der Waals surface area contributed by atoms with Gasteiger partial charge in [-0.15, -0.1) is 0 Å². The van der Waals surface area contributed by atoms with Crippen LogP contribution in [-0.4, -0.2) is 44.6 Å². The molecule has 0 fully saturated rings. The van der Waals surface area contributed by atoms with Crippen molar-refractivity contribution in [1.29, 1.82) is 0 Å². The number of hydrogen-bond donors (Lipinski definition) is 4. The van der Waals surface area contributed by atoms with Gasteiger partial charge < -0.3 is 20.4 Å². The molecule has 0 saturated carbocycles. The molecule has 0 heterocycles. The van der Waals surface area contributed by atoms with Crippen LogP contribution in [0, 0.1) is 5.92 Å². The zero-order chi connectivity index (χ0) is 24.4. The number of aliphatic hydroxyl groups excluding tert-OH is 2. The topological polar surface area (TPSA) is 115 Å². The monoisotopic (exact) mass is 446 g/mol. The van der Waals surface area contributed by atoms with Gasteiger partial charge in [0, 0.05) is 0 Å². The Morgan fingerprint density at radius 3 is 1.38 bits per heavy atom. The highest BCUT2D eigenvalue weighted by Gasteiger charge is 2.15. The van der Waals surface area contributed by atoms with E-state index in [-0.39, 0.29) is 12.2 Å². The summed E-state index contributed by atoms with van der Waals surface area (Å²) in [6.45, 7) is 6.36. The Morgan fingerprint density at radius 1 is 0.688 bits per heavy atom. The van der Waals surface area contributed by atoms with Crippen LogP contribution < -0.4 is 0 Å². The SMILES string of the molecule is CCCC(O)CC(O)CC(CC)CC.O=C(O)c1ccccc1.O=C(O)c1ccccc1. The van der Waals surface area contributed by atoms with Crippen molar-refractivity contribution < 1.29 is 30.0 Å². The molecule has 2 unspecified atom stereocenters. The Bertz CT molecular complexity index is 679. The molecule has 0 bridgehead atoms. The lowest BCUT2D eigenvalue weighted by atomic mass is 9.93. The van der Waals surface area contributed by atoms with Crippen LogP contribution in [0.4, 0.5) is 0 Å². The van der Waals surface area contributed by atoms with Gasteiger partial charge in [-0.05, 0) is 49.4 Å². The summed E-state index contributed by atoms with van der Waals surface area (Å²) in [5, 5.41) is 36.0. The maximum Gasteiger partial charge on any atom is 0.335 e. The van der Waals surface area contributed by atoms with E-state index >= 15 is 0 Å². The van der Waals surface area contributed by atoms with Gasteiger partial charge in [-0.2, -0.15) is 0 Å². The van der Waals surface area contributed by atoms with E-state index < -0.39 is 11.9 Å². The number of carboxylic acid groups (broad SMARTS) is 2. The first-order chi connectivity index (χ1) is 15.2. The fourth-order valence-corrected chi connectivity index (χ4v) is 3.03. The van der Waals surface area contributed by atoms with E-state index in [1.54, 1.807) is 60.7 Å². The number of carboxylic acids is 2. The molecule has 4 N–H and O–H groups in total. The summed E-state index contributed by atoms with van der Waals surface area (Å²) in [4.78, 5) is 20.4. The second kappa shape index (κ2) is 17.9. The largest absolute Gasteiger partial charge is 0.478 e. The van der Waals surface area contributed by atoms with Crippen LogP contribution in [0.1, 0.15) is 80.0 Å². The van der Waals surface area contributed by atoms with Crippen LogP contribution in [0.15, 0.2) is 60.7 Å². The summed E-state index contributed by atoms with van der Waals surface area (Å²) < 4.78 is 0. The lowest BCUT2D eigenvalue weighted by molar-refractivity contribution is 0.0599. The van der Waals surface area contributed by atoms with Crippen molar-refractivity contribution in [3.05, 3.63) is 71.8 Å². The van der Waals surface area contributed by atoms with Crippen molar-refractivity contribution in [2.45, 2.75) is 71.5 Å². The zero-order valence-corrected chi connectivity index (χ0v) is 19.4. The summed E-state index contributed by atoms with van der Waals surface area (Å²) in [6, 6.07) is 16.6. The number of rotatable bonds is 10. The minimum absolute atomic E-state index is 0.315. The minimum atomic E-state index is -0.879. The van der Waals surface area contributed by atoms with E-state index in [1.165, 1.54) is 0 Å². The molecule has 2 atom stereocenters. The van der Waals surface area contributed by atoms with Crippen molar-refractivity contribution in [1.82, 2.24) is 0 Å². The first-order valence-electron chi connectivity index (χ1n) is 11.2. The summed E-state index contributed by atoms with van der Waals surface area (Å²) in [6.07, 6.45) is 4.79. The highest BCUT2D eigenvalue weighted by atomic mass is 16.4. The van der Waals surface area contributed by atoms with Gasteiger partial charge in [0.25, 0.3) is 0 Å². The highest BCUT2D eigenvalue weighted by molar-refractivity contribution is 5.87. The zero-order valence-electron chi connectivity index (χ0n) is 19.4. The standard InChI is InChI=1S/C12H26O2.2C7H6O2/c1-4-7-11(13)9-12(14)8-10(5-2)6-3;2*8-7(9)6-4-2-1-3-5-6/h10-14H,4-9H2,1-3H3;2*1-5H,(H,8,9). The Kier molecular flexibility index (Phi) is 16.4. The fraction of sp³-hybridized carbons (Fsp3) is 0.462. The van der Waals surface area contributed by atoms with Crippen LogP contribution in [0.3, 0.4) is 0 Å². The van der Waals surface area contributed by atoms with E-state index in [2.05, 4.69) is 20.8 Å². The van der Waals surface area contributed by atoms with Crippen molar-refractivity contribution >= 4 is 11.9 Å². The van der Waals surface area contributed by atoms with E-state index in [9.17, 15) is 19.8 Å². The molecule has 0 radical (unpaired) electrons. The van der Waals surface area contributed by atoms with Gasteiger partial charge in [-0.3, -0.25) is 0 Å². The predicted molar refractivity (Wildman–Crippen MR) is 127 cm³/mol. The van der Waals surface area contributed by atoms with Crippen LogP contribution in [0.2, 0.25) is 0 Å². The summed E-state index contributed by atoms with van der Waals surface area (Å²) in [7, 11) is 0. The van der Waals surface area contributed by atoms with E-state index in [0.717, 1.165) is 32.1 Å². The number of hydrogen-bond acceptors (Lipinski definition) is 4. The van der Waals surface area contributed by atoms with Gasteiger partial charge in [0.15, 0.2) is 0 Å². The van der Waals surface area contributed by atoms with Gasteiger partial charge in [0.05, 0.1) is 23.3 Å². The molecule has 0 aliphatic rings. The molecule has 0 saturated heterocycles. The Morgan fingerprint density at radius 2 is 1.09 bits per heavy atom. The molecule has 6 heteroatoms. The molecule has 0 aliphatic carbocycles. The molecule has 0 amide bonds. The third-order valence-corrected chi connectivity index (χ3v) is 4.97. The second-order valence-corrected chi connectivity index (χ2v) is 7.59. The molecule has 2 aromatic rings. The molecule has 2 rings (SSSR count). The average Bonchev–Trinajstić information content (AvgIpc) is 2.79. The molecule has 32 heavy (non-hydrogen) atoms. The minimum Gasteiger partial charge on any atom is -0.478 e. The van der Waals surface area contributed by atoms with Crippen molar-refractivity contribution in [3.8, 4) is 0 Å². The van der Waals surface area contributed by atoms with E-state index in [1.807, 2.05) is 0 Å². The van der Waals surface area contributed by atoms with Crippen molar-refractivity contribution in [2.24, 2.45) is 5.92 Å². The third kappa shape index (κ3) is 14.3. The fourth-order valence-electron chi connectivity index (χ4n) is 3.03. The first kappa shape index (κ1) is 29.3. The van der Waals surface area contributed by atoms with E-state index in [0.29, 0.717) is 23.5 Å². The van der Waals surface area contributed by atoms with Gasteiger partial charge in [0.2, 0.25) is 0 Å². The molecule has 0 aromatic heterocycles. The summed E-state index contributed by atoms with van der Waals surface area (Å²) in [5.41, 5.74) is 0.662. The Hall–Kier alpha value is -2.70. The van der Waals surface area contributed by atoms with E-state index in [4.69, 9.17) is 10.2 Å². The quantitative estimate of drug-likeness (QED) is 0.383. The molecule has 0 aliphatic heterocycles. The van der Waals surface area contributed by atoms with Crippen LogP contribution in [-0.2, 0) is 0 Å². The maximum atomic E-state index is 10.2. The lowest BCUT2D eigenvalue weighted by Crippen LogP contribution is -2.20. The molecular formula is C26H38O6. The summed E-state index contributed by atoms with van der Waals surface area (Å²) >= 11 is 0. The van der Waals surface area contributed by atoms with Crippen molar-refractivity contribution in [3.63, 3.8) is 0 Å². The third-order valence-electron chi connectivity index (χ3n) is 4.97. The Balaban J connectivity index is 0.000000466. The highest BCUT2D eigenvalue weighted by Crippen LogP contribution is 2.18. The lowest BCUT2D eigenvalue weighted by Gasteiger charge is -2.19. The first-order valence-corrected chi connectivity index (χ1v) is 11.2. The summed E-state index contributed by atoms with van der Waals surface area (Å²) in [5.74, 6) is -1.15. The number of aliphatic hydroxyl groups is 2. The van der Waals surface area contributed by atoms with Crippen LogP contribution >= 0.6 is 0 Å². The van der Waals surface area contributed by atoms with Crippen LogP contribution in [0.5, 0.6) is 0 Å². The molecule has 0 spiro atoms. The number of aromatic carboxylic acids is 2. The average molecular weight is 447 g/mol. The number of carbonyl (C=O) groups is 2. The van der Waals surface area contributed by atoms with Gasteiger partial charge in [-0.1, -0.05) is 76.4 Å². The van der Waals surface area contributed by atoms with Gasteiger partial charge in [0.1, 0.15) is 0 Å². The van der Waals surface area contributed by atoms with Crippen molar-refractivity contribution in [2.75, 3.05) is 0 Å². The maximum absolute atomic E-state index is 10.2. The number of benzene rings is 2. The second-order valence-electron chi connectivity index (χ2n) is 7.59. The molecule has 6 nitrogen and oxygen atoms in total. The molecule has 2 aromatic carbocycles. The molecular weight excluding hydrogens is 408 g/mol. The molecule has 178 valence electrons. The van der Waals surface area contributed by atoms with Gasteiger partial charge in [-0.25, -0.2) is 9.59 Å².